The maximum Gasteiger partial charge on any atom is 0.573 e. The number of amidine groups is 1. The molecule has 0 spiro atoms. The summed E-state index contributed by atoms with van der Waals surface area (Å²) in [6, 6.07) is 4.42. The number of carbonyl (C=O) groups is 1. The fraction of sp³-hybridized carbons (Fsp3) is 0.556. The zero-order valence-corrected chi connectivity index (χ0v) is 16.7. The molecule has 30 heavy (non-hydrogen) atoms. The number of ether oxygens (including phenoxy) is 2. The number of alkyl halides is 3. The summed E-state index contributed by atoms with van der Waals surface area (Å²) in [5, 5.41) is 26.2. The number of nitrogens with zero attached hydrogens (tertiary/aromatic N) is 1. The van der Waals surface area contributed by atoms with Gasteiger partial charge in [0.25, 0.3) is 0 Å². The number of nitrogens with one attached hydrogen (secondary N) is 2. The van der Waals surface area contributed by atoms with E-state index in [0.717, 1.165) is 12.1 Å². The second kappa shape index (κ2) is 9.41. The van der Waals surface area contributed by atoms with E-state index < -0.39 is 30.5 Å². The summed E-state index contributed by atoms with van der Waals surface area (Å²) in [4.78, 5) is 16.9. The van der Waals surface area contributed by atoms with E-state index in [4.69, 9.17) is 4.74 Å². The number of aliphatic hydroxyl groups is 2. The van der Waals surface area contributed by atoms with Crippen molar-refractivity contribution in [3.63, 3.8) is 0 Å². The molecule has 3 rings (SSSR count). The Hall–Kier alpha value is -2.02. The van der Waals surface area contributed by atoms with E-state index in [2.05, 4.69) is 20.4 Å². The van der Waals surface area contributed by atoms with Gasteiger partial charge < -0.3 is 30.3 Å². The molecule has 8 nitrogen and oxygen atoms in total. The van der Waals surface area contributed by atoms with E-state index in [9.17, 15) is 28.2 Å². The SMILES string of the molecule is COCCNC(=O)C1CC(O)C(O)C2N=C(Nc3ccc(OC(F)(F)F)cc3)SC12. The Morgan fingerprint density at radius 3 is 2.63 bits per heavy atom. The summed E-state index contributed by atoms with van der Waals surface area (Å²) < 4.78 is 45.5. The molecule has 5 atom stereocenters. The van der Waals surface area contributed by atoms with Crippen LogP contribution in [-0.2, 0) is 9.53 Å². The molecule has 1 amide bonds. The highest BCUT2D eigenvalue weighted by molar-refractivity contribution is 8.15. The highest BCUT2D eigenvalue weighted by Crippen LogP contribution is 2.41. The van der Waals surface area contributed by atoms with Gasteiger partial charge in [-0.1, -0.05) is 11.8 Å². The highest BCUT2D eigenvalue weighted by atomic mass is 32.2. The Kier molecular flexibility index (Phi) is 7.11. The number of methoxy groups -OCH3 is 1. The second-order valence-electron chi connectivity index (χ2n) is 6.89. The number of aliphatic imine (C=N–C) groups is 1. The Balaban J connectivity index is 1.66. The number of hydrogen-bond acceptors (Lipinski definition) is 8. The molecule has 1 fully saturated rings. The fourth-order valence-corrected chi connectivity index (χ4v) is 4.76. The molecule has 1 aromatic rings. The molecule has 1 aliphatic carbocycles. The van der Waals surface area contributed by atoms with E-state index in [1.807, 2.05) is 0 Å². The average Bonchev–Trinajstić information content (AvgIpc) is 3.09. The number of carbonyl (C=O) groups excluding carboxylic acids is 1. The van der Waals surface area contributed by atoms with Crippen molar-refractivity contribution < 1.29 is 37.7 Å². The minimum Gasteiger partial charge on any atom is -0.406 e. The smallest absolute Gasteiger partial charge is 0.406 e. The van der Waals surface area contributed by atoms with Gasteiger partial charge in [-0.05, 0) is 30.7 Å². The maximum absolute atomic E-state index is 12.5. The number of benzene rings is 1. The molecular weight excluding hydrogens is 427 g/mol. The average molecular weight is 449 g/mol. The number of anilines is 1. The van der Waals surface area contributed by atoms with Crippen LogP contribution in [0, 0.1) is 5.92 Å². The Morgan fingerprint density at radius 1 is 1.30 bits per heavy atom. The zero-order chi connectivity index (χ0) is 21.9. The molecule has 0 saturated heterocycles. The number of rotatable bonds is 6. The van der Waals surface area contributed by atoms with Gasteiger partial charge in [0.1, 0.15) is 11.9 Å². The van der Waals surface area contributed by atoms with Gasteiger partial charge in [-0.25, -0.2) is 0 Å². The van der Waals surface area contributed by atoms with E-state index in [1.54, 1.807) is 0 Å². The molecule has 0 aromatic heterocycles. The molecule has 166 valence electrons. The van der Waals surface area contributed by atoms with Crippen molar-refractivity contribution >= 4 is 28.5 Å². The molecule has 12 heteroatoms. The quantitative estimate of drug-likeness (QED) is 0.485. The predicted octanol–water partition coefficient (Wildman–Crippen LogP) is 1.34. The molecule has 4 N–H and O–H groups in total. The fourth-order valence-electron chi connectivity index (χ4n) is 3.38. The molecule has 0 radical (unpaired) electrons. The van der Waals surface area contributed by atoms with Gasteiger partial charge in [0, 0.05) is 24.6 Å². The summed E-state index contributed by atoms with van der Waals surface area (Å²) in [5.74, 6) is -1.18. The van der Waals surface area contributed by atoms with Gasteiger partial charge in [0.15, 0.2) is 5.17 Å². The van der Waals surface area contributed by atoms with Gasteiger partial charge >= 0.3 is 6.36 Å². The van der Waals surface area contributed by atoms with Crippen molar-refractivity contribution in [1.29, 1.82) is 0 Å². The lowest BCUT2D eigenvalue weighted by Crippen LogP contribution is -2.54. The third kappa shape index (κ3) is 5.56. The Morgan fingerprint density at radius 2 is 2.00 bits per heavy atom. The van der Waals surface area contributed by atoms with Crippen LogP contribution < -0.4 is 15.4 Å². The van der Waals surface area contributed by atoms with Crippen molar-refractivity contribution in [2.24, 2.45) is 10.9 Å². The van der Waals surface area contributed by atoms with Crippen LogP contribution in [0.25, 0.3) is 0 Å². The first-order valence-corrected chi connectivity index (χ1v) is 10.1. The lowest BCUT2D eigenvalue weighted by Gasteiger charge is -2.37. The minimum atomic E-state index is -4.77. The minimum absolute atomic E-state index is 0.0976. The number of aliphatic hydroxyl groups excluding tert-OH is 2. The van der Waals surface area contributed by atoms with Crippen LogP contribution in [0.3, 0.4) is 0 Å². The summed E-state index contributed by atoms with van der Waals surface area (Å²) in [5.41, 5.74) is 0.463. The Labute approximate surface area is 174 Å². The normalized spacial score (nSPS) is 28.5. The Bertz CT molecular complexity index is 777. The zero-order valence-electron chi connectivity index (χ0n) is 15.9. The number of fused-ring (bicyclic) bond motifs is 1. The van der Waals surface area contributed by atoms with Crippen LogP contribution >= 0.6 is 11.8 Å². The first-order valence-electron chi connectivity index (χ1n) is 9.18. The first-order chi connectivity index (χ1) is 14.2. The van der Waals surface area contributed by atoms with Crippen LogP contribution in [0.2, 0.25) is 0 Å². The monoisotopic (exact) mass is 449 g/mol. The topological polar surface area (TPSA) is 112 Å². The lowest BCUT2D eigenvalue weighted by molar-refractivity contribution is -0.274. The van der Waals surface area contributed by atoms with E-state index in [-0.39, 0.29) is 23.3 Å². The summed E-state index contributed by atoms with van der Waals surface area (Å²) in [6.45, 7) is 0.674. The third-order valence-electron chi connectivity index (χ3n) is 4.77. The lowest BCUT2D eigenvalue weighted by atomic mass is 9.81. The van der Waals surface area contributed by atoms with Crippen LogP contribution in [0.4, 0.5) is 18.9 Å². The van der Waals surface area contributed by atoms with Gasteiger partial charge in [-0.2, -0.15) is 0 Å². The molecule has 1 aliphatic heterocycles. The maximum atomic E-state index is 12.5. The third-order valence-corrected chi connectivity index (χ3v) is 6.08. The van der Waals surface area contributed by atoms with Crippen molar-refractivity contribution in [1.82, 2.24) is 5.32 Å². The largest absolute Gasteiger partial charge is 0.573 e. The number of halogens is 3. The highest BCUT2D eigenvalue weighted by Gasteiger charge is 2.50. The molecule has 5 unspecified atom stereocenters. The van der Waals surface area contributed by atoms with E-state index in [1.165, 1.54) is 31.0 Å². The van der Waals surface area contributed by atoms with Crippen LogP contribution in [0.5, 0.6) is 5.75 Å². The van der Waals surface area contributed by atoms with Crippen molar-refractivity contribution in [2.75, 3.05) is 25.6 Å². The molecule has 0 bridgehead atoms. The molecule has 1 saturated carbocycles. The summed E-state index contributed by atoms with van der Waals surface area (Å²) in [6.07, 6.45) is -6.88. The van der Waals surface area contributed by atoms with Gasteiger partial charge in [0.2, 0.25) is 5.91 Å². The molecule has 1 aromatic carbocycles. The van der Waals surface area contributed by atoms with E-state index in [0.29, 0.717) is 24.0 Å². The van der Waals surface area contributed by atoms with Crippen LogP contribution in [-0.4, -0.2) is 71.4 Å². The second-order valence-corrected chi connectivity index (χ2v) is 8.06. The van der Waals surface area contributed by atoms with Gasteiger partial charge in [-0.15, -0.1) is 13.2 Å². The summed E-state index contributed by atoms with van der Waals surface area (Å²) >= 11 is 1.25. The van der Waals surface area contributed by atoms with Crippen molar-refractivity contribution in [3.05, 3.63) is 24.3 Å². The molecule has 1 heterocycles. The standard InChI is InChI=1S/C18H22F3N3O5S/c1-28-7-6-22-16(27)11-8-12(25)14(26)13-15(11)30-17(24-13)23-9-2-4-10(5-3-9)29-18(19,20)21/h2-5,11-15,25-26H,6-8H2,1H3,(H,22,27)(H,23,24). The van der Waals surface area contributed by atoms with Crippen LogP contribution in [0.1, 0.15) is 6.42 Å². The van der Waals surface area contributed by atoms with Crippen molar-refractivity contribution in [3.8, 4) is 5.75 Å². The summed E-state index contributed by atoms with van der Waals surface area (Å²) in [7, 11) is 1.52. The number of amides is 1. The molecule has 2 aliphatic rings. The van der Waals surface area contributed by atoms with Crippen molar-refractivity contribution in [2.45, 2.75) is 36.3 Å². The van der Waals surface area contributed by atoms with E-state index >= 15 is 0 Å². The van der Waals surface area contributed by atoms with Gasteiger partial charge in [-0.3, -0.25) is 9.79 Å². The molecular formula is C18H22F3N3O5S. The van der Waals surface area contributed by atoms with Gasteiger partial charge in [0.05, 0.1) is 24.7 Å². The number of hydrogen-bond donors (Lipinski definition) is 4. The first kappa shape index (κ1) is 22.7. The number of thioether (sulfide) groups is 1. The van der Waals surface area contributed by atoms with Crippen LogP contribution in [0.15, 0.2) is 29.3 Å². The predicted molar refractivity (Wildman–Crippen MR) is 104 cm³/mol.